The summed E-state index contributed by atoms with van der Waals surface area (Å²) in [6.45, 7) is -0.968. The van der Waals surface area contributed by atoms with E-state index in [-0.39, 0.29) is 12.8 Å². The zero-order chi connectivity index (χ0) is 15.6. The van der Waals surface area contributed by atoms with Crippen LogP contribution in [0.25, 0.3) is 0 Å². The van der Waals surface area contributed by atoms with Crippen LogP contribution in [0.2, 0.25) is 0 Å². The molecule has 9 heteroatoms. The largest absolute Gasteiger partial charge is 0.394 e. The van der Waals surface area contributed by atoms with E-state index in [0.717, 1.165) is 0 Å². The van der Waals surface area contributed by atoms with Crippen LogP contribution < -0.4 is 0 Å². The molecule has 0 aromatic carbocycles. The first-order chi connectivity index (χ1) is 9.96. The molecule has 0 spiro atoms. The fourth-order valence-corrected chi connectivity index (χ4v) is 2.58. The second kappa shape index (κ2) is 7.27. The molecule has 6 N–H and O–H groups in total. The van der Waals surface area contributed by atoms with Crippen molar-refractivity contribution >= 4 is 0 Å². The number of hydrogen-bond donors (Lipinski definition) is 6. The van der Waals surface area contributed by atoms with Crippen LogP contribution in [-0.4, -0.2) is 93.1 Å². The Kier molecular flexibility index (Phi) is 5.88. The second-order valence-corrected chi connectivity index (χ2v) is 5.30. The summed E-state index contributed by atoms with van der Waals surface area (Å²) in [5.41, 5.74) is 0. The molecule has 2 heterocycles. The third kappa shape index (κ3) is 3.89. The van der Waals surface area contributed by atoms with E-state index in [1.165, 1.54) is 0 Å². The SMILES string of the molecule is OC[C@H]1O[C@@H](O[C@H]2[C@H](O)CC(O)O[C@@H]2CO)C[C@@H](O)[C@@H]1O. The molecule has 21 heavy (non-hydrogen) atoms. The van der Waals surface area contributed by atoms with Crippen molar-refractivity contribution in [1.29, 1.82) is 0 Å². The van der Waals surface area contributed by atoms with E-state index in [4.69, 9.17) is 19.3 Å². The minimum Gasteiger partial charge on any atom is -0.394 e. The molecule has 2 rings (SSSR count). The van der Waals surface area contributed by atoms with Crippen LogP contribution in [0.4, 0.5) is 0 Å². The van der Waals surface area contributed by atoms with Gasteiger partial charge < -0.3 is 44.8 Å². The Hall–Kier alpha value is -0.360. The fraction of sp³-hybridized carbons (Fsp3) is 1.00. The predicted octanol–water partition coefficient (Wildman–Crippen LogP) is -3.34. The van der Waals surface area contributed by atoms with Crippen LogP contribution in [0, 0.1) is 0 Å². The smallest absolute Gasteiger partial charge is 0.161 e. The highest BCUT2D eigenvalue weighted by Gasteiger charge is 2.43. The molecule has 2 saturated heterocycles. The molecule has 124 valence electrons. The first-order valence-electron chi connectivity index (χ1n) is 6.86. The van der Waals surface area contributed by atoms with Crippen molar-refractivity contribution in [3.63, 3.8) is 0 Å². The van der Waals surface area contributed by atoms with Crippen LogP contribution >= 0.6 is 0 Å². The first-order valence-corrected chi connectivity index (χ1v) is 6.86. The highest BCUT2D eigenvalue weighted by atomic mass is 16.7. The van der Waals surface area contributed by atoms with Gasteiger partial charge in [-0.25, -0.2) is 0 Å². The molecular weight excluding hydrogens is 288 g/mol. The van der Waals surface area contributed by atoms with Gasteiger partial charge in [-0.3, -0.25) is 0 Å². The van der Waals surface area contributed by atoms with Gasteiger partial charge in [0.15, 0.2) is 12.6 Å². The average Bonchev–Trinajstić information content (AvgIpc) is 2.45. The van der Waals surface area contributed by atoms with Crippen LogP contribution in [0.1, 0.15) is 12.8 Å². The Labute approximate surface area is 121 Å². The molecule has 0 aromatic heterocycles. The van der Waals surface area contributed by atoms with E-state index in [1.54, 1.807) is 0 Å². The fourth-order valence-electron chi connectivity index (χ4n) is 2.58. The molecule has 0 saturated carbocycles. The van der Waals surface area contributed by atoms with Crippen molar-refractivity contribution in [2.45, 2.75) is 62.0 Å². The van der Waals surface area contributed by atoms with Gasteiger partial charge in [-0.05, 0) is 0 Å². The average molecular weight is 310 g/mol. The molecule has 0 aliphatic carbocycles. The minimum atomic E-state index is -1.22. The van der Waals surface area contributed by atoms with Gasteiger partial charge in [0.1, 0.15) is 24.4 Å². The van der Waals surface area contributed by atoms with Crippen molar-refractivity contribution in [2.24, 2.45) is 0 Å². The molecule has 9 nitrogen and oxygen atoms in total. The van der Waals surface area contributed by atoms with Gasteiger partial charge >= 0.3 is 0 Å². The maximum atomic E-state index is 9.92. The highest BCUT2D eigenvalue weighted by Crippen LogP contribution is 2.27. The number of ether oxygens (including phenoxy) is 3. The summed E-state index contributed by atoms with van der Waals surface area (Å²) in [4.78, 5) is 0. The van der Waals surface area contributed by atoms with Gasteiger partial charge in [0.05, 0.1) is 25.4 Å². The normalized spacial score (nSPS) is 48.3. The Balaban J connectivity index is 1.99. The van der Waals surface area contributed by atoms with E-state index < -0.39 is 62.4 Å². The van der Waals surface area contributed by atoms with Crippen molar-refractivity contribution < 1.29 is 44.8 Å². The lowest BCUT2D eigenvalue weighted by atomic mass is 10.00. The minimum absolute atomic E-state index is 0.0540. The topological polar surface area (TPSA) is 149 Å². The third-order valence-electron chi connectivity index (χ3n) is 3.73. The van der Waals surface area contributed by atoms with E-state index >= 15 is 0 Å². The van der Waals surface area contributed by atoms with E-state index in [1.807, 2.05) is 0 Å². The Morgan fingerprint density at radius 3 is 2.14 bits per heavy atom. The Morgan fingerprint density at radius 1 is 0.857 bits per heavy atom. The molecule has 2 aliphatic heterocycles. The summed E-state index contributed by atoms with van der Waals surface area (Å²) >= 11 is 0. The number of aliphatic hydroxyl groups is 6. The van der Waals surface area contributed by atoms with Gasteiger partial charge in [-0.1, -0.05) is 0 Å². The summed E-state index contributed by atoms with van der Waals surface area (Å²) in [6, 6.07) is 0. The summed E-state index contributed by atoms with van der Waals surface area (Å²) in [5, 5.41) is 56.9. The number of aliphatic hydroxyl groups excluding tert-OH is 6. The molecule has 2 aliphatic rings. The molecule has 2 fully saturated rings. The van der Waals surface area contributed by atoms with Gasteiger partial charge in [-0.2, -0.15) is 0 Å². The Bertz CT molecular complexity index is 328. The van der Waals surface area contributed by atoms with Gasteiger partial charge in [-0.15, -0.1) is 0 Å². The van der Waals surface area contributed by atoms with Gasteiger partial charge in [0.2, 0.25) is 0 Å². The zero-order valence-electron chi connectivity index (χ0n) is 11.4. The molecule has 1 unspecified atom stereocenters. The van der Waals surface area contributed by atoms with Crippen LogP contribution in [0.15, 0.2) is 0 Å². The highest BCUT2D eigenvalue weighted by molar-refractivity contribution is 4.87. The summed E-state index contributed by atoms with van der Waals surface area (Å²) < 4.78 is 15.9. The molecule has 0 aromatic rings. The van der Waals surface area contributed by atoms with E-state index in [9.17, 15) is 25.5 Å². The van der Waals surface area contributed by atoms with Crippen LogP contribution in [0.3, 0.4) is 0 Å². The lowest BCUT2D eigenvalue weighted by Gasteiger charge is -2.42. The van der Waals surface area contributed by atoms with Crippen molar-refractivity contribution in [3.8, 4) is 0 Å². The number of hydrogen-bond acceptors (Lipinski definition) is 9. The lowest BCUT2D eigenvalue weighted by Crippen LogP contribution is -2.56. The number of rotatable bonds is 4. The third-order valence-corrected chi connectivity index (χ3v) is 3.73. The molecular formula is C12H22O9. The predicted molar refractivity (Wildman–Crippen MR) is 65.8 cm³/mol. The van der Waals surface area contributed by atoms with Crippen molar-refractivity contribution in [2.75, 3.05) is 13.2 Å². The molecule has 0 radical (unpaired) electrons. The maximum absolute atomic E-state index is 9.92. The van der Waals surface area contributed by atoms with E-state index in [0.29, 0.717) is 0 Å². The first kappa shape index (κ1) is 17.0. The second-order valence-electron chi connectivity index (χ2n) is 5.30. The summed E-state index contributed by atoms with van der Waals surface area (Å²) in [7, 11) is 0. The monoisotopic (exact) mass is 310 g/mol. The summed E-state index contributed by atoms with van der Waals surface area (Å²) in [6.07, 6.45) is -8.64. The maximum Gasteiger partial charge on any atom is 0.161 e. The quantitative estimate of drug-likeness (QED) is 0.313. The summed E-state index contributed by atoms with van der Waals surface area (Å²) in [5.74, 6) is 0. The van der Waals surface area contributed by atoms with Crippen LogP contribution in [-0.2, 0) is 14.2 Å². The Morgan fingerprint density at radius 2 is 1.52 bits per heavy atom. The lowest BCUT2D eigenvalue weighted by molar-refractivity contribution is -0.316. The zero-order valence-corrected chi connectivity index (χ0v) is 11.4. The standard InChI is InChI=1S/C12H22O9/c13-3-7-11(18)5(15)2-10(20-7)21-12-6(16)1-9(17)19-8(12)4-14/h5-18H,1-4H2/t5-,6-,7-,8-,9?,10+,11+,12+/m1/s1. The molecule has 8 atom stereocenters. The van der Waals surface area contributed by atoms with Crippen molar-refractivity contribution in [1.82, 2.24) is 0 Å². The van der Waals surface area contributed by atoms with Gasteiger partial charge in [0.25, 0.3) is 0 Å². The molecule has 0 bridgehead atoms. The van der Waals surface area contributed by atoms with E-state index in [2.05, 4.69) is 0 Å². The molecule has 0 amide bonds. The van der Waals surface area contributed by atoms with Crippen molar-refractivity contribution in [3.05, 3.63) is 0 Å². The van der Waals surface area contributed by atoms with Gasteiger partial charge in [0, 0.05) is 12.8 Å². The van der Waals surface area contributed by atoms with Crippen LogP contribution in [0.5, 0.6) is 0 Å².